The van der Waals surface area contributed by atoms with Crippen molar-refractivity contribution in [3.8, 4) is 11.3 Å². The molecule has 2 atom stereocenters. The summed E-state index contributed by atoms with van der Waals surface area (Å²) in [4.78, 5) is 22.4. The molecule has 1 saturated heterocycles. The second-order valence-electron chi connectivity index (χ2n) is 14.0. The molecule has 3 aromatic rings. The molecule has 1 aliphatic rings. The molecule has 4 rings (SSSR count). The number of likely N-dealkylation sites (tertiary alicyclic amines) is 1. The van der Waals surface area contributed by atoms with Crippen molar-refractivity contribution in [1.29, 1.82) is 0 Å². The molecular weight excluding hydrogens is 642 g/mol. The third-order valence-corrected chi connectivity index (χ3v) is 10.1. The topological polar surface area (TPSA) is 142 Å². The van der Waals surface area contributed by atoms with Crippen LogP contribution in [0.3, 0.4) is 0 Å². The molecule has 0 unspecified atom stereocenters. The fourth-order valence-corrected chi connectivity index (χ4v) is 6.88. The lowest BCUT2D eigenvalue weighted by Crippen LogP contribution is -2.54. The molecule has 1 fully saturated rings. The molecule has 0 spiro atoms. The van der Waals surface area contributed by atoms with Crippen molar-refractivity contribution in [3.63, 3.8) is 0 Å². The van der Waals surface area contributed by atoms with Gasteiger partial charge in [0.1, 0.15) is 17.9 Å². The number of para-hydroxylation sites is 1. The molecule has 1 aromatic carbocycles. The minimum Gasteiger partial charge on any atom is -0.444 e. The Morgan fingerprint density at radius 1 is 1.17 bits per heavy atom. The fourth-order valence-electron chi connectivity index (χ4n) is 5.22. The van der Waals surface area contributed by atoms with Gasteiger partial charge < -0.3 is 30.0 Å². The molecule has 3 heterocycles. The lowest BCUT2D eigenvalue weighted by molar-refractivity contribution is -0.137. The third kappa shape index (κ3) is 8.98. The van der Waals surface area contributed by atoms with Crippen LogP contribution in [0.15, 0.2) is 35.5 Å². The highest BCUT2D eigenvalue weighted by atomic mass is 32.2. The summed E-state index contributed by atoms with van der Waals surface area (Å²) >= 11 is 0. The van der Waals surface area contributed by atoms with Crippen LogP contribution in [0.1, 0.15) is 32.8 Å². The number of fused-ring (bicyclic) bond motifs is 1. The van der Waals surface area contributed by atoms with Gasteiger partial charge in [0.2, 0.25) is 5.95 Å². The summed E-state index contributed by atoms with van der Waals surface area (Å²) in [7, 11) is -5.19. The van der Waals surface area contributed by atoms with Crippen molar-refractivity contribution in [1.82, 2.24) is 19.4 Å². The number of aromatic nitrogens is 3. The zero-order chi connectivity index (χ0) is 34.2. The van der Waals surface area contributed by atoms with Gasteiger partial charge in [-0.25, -0.2) is 23.2 Å². The van der Waals surface area contributed by atoms with Crippen LogP contribution in [0.4, 0.5) is 23.9 Å². The van der Waals surface area contributed by atoms with E-state index < -0.39 is 59.1 Å². The SMILES string of the molecule is CC(C)(C)OC(=O)N1C[C@H](N)C[C@H](Nc2ncc(C(F)(F)F)c(-c3cn(COCC[Si](C)(C)C)c4c(S(C)(=O)=O)cccc34)n2)C1. The van der Waals surface area contributed by atoms with Gasteiger partial charge >= 0.3 is 12.3 Å². The predicted octanol–water partition coefficient (Wildman–Crippen LogP) is 5.58. The maximum absolute atomic E-state index is 14.4. The quantitative estimate of drug-likeness (QED) is 0.218. The van der Waals surface area contributed by atoms with Crippen molar-refractivity contribution >= 4 is 40.9 Å². The number of piperidine rings is 1. The number of nitrogens with zero attached hydrogens (tertiary/aromatic N) is 4. The third-order valence-electron chi connectivity index (χ3n) is 7.30. The Balaban J connectivity index is 1.76. The lowest BCUT2D eigenvalue weighted by Gasteiger charge is -2.37. The fraction of sp³-hybridized carbons (Fsp3) is 0.567. The monoisotopic (exact) mass is 684 g/mol. The minimum absolute atomic E-state index is 0.0376. The largest absolute Gasteiger partial charge is 0.444 e. The normalized spacial score (nSPS) is 18.2. The van der Waals surface area contributed by atoms with E-state index in [1.54, 1.807) is 26.8 Å². The second kappa shape index (κ2) is 13.1. The van der Waals surface area contributed by atoms with Gasteiger partial charge in [-0.2, -0.15) is 13.2 Å². The first kappa shape index (κ1) is 35.6. The van der Waals surface area contributed by atoms with Crippen LogP contribution in [0.2, 0.25) is 25.7 Å². The smallest absolute Gasteiger partial charge is 0.419 e. The van der Waals surface area contributed by atoms with E-state index in [0.29, 0.717) is 19.2 Å². The summed E-state index contributed by atoms with van der Waals surface area (Å²) in [5, 5.41) is 3.32. The van der Waals surface area contributed by atoms with E-state index in [4.69, 9.17) is 15.2 Å². The van der Waals surface area contributed by atoms with Gasteiger partial charge in [0.05, 0.1) is 16.1 Å². The van der Waals surface area contributed by atoms with Crippen molar-refractivity contribution in [3.05, 3.63) is 36.2 Å². The zero-order valence-corrected chi connectivity index (χ0v) is 29.1. The lowest BCUT2D eigenvalue weighted by atomic mass is 10.0. The van der Waals surface area contributed by atoms with Gasteiger partial charge in [-0.05, 0) is 39.3 Å². The van der Waals surface area contributed by atoms with E-state index in [9.17, 15) is 26.4 Å². The van der Waals surface area contributed by atoms with Gasteiger partial charge in [0.25, 0.3) is 0 Å². The molecule has 11 nitrogen and oxygen atoms in total. The molecular formula is C30H43F3N6O5SSi. The number of hydrogen-bond donors (Lipinski definition) is 2. The standard InChI is InChI=1S/C30H43F3N6O5SSi/c1-29(2,3)44-28(40)38-15-19(34)13-20(16-38)36-27-35-14-23(30(31,32)33)25(37-27)22-17-39(18-43-11-12-46(5,6)7)26-21(22)9-8-10-24(26)45(4,41)42/h8-10,14,17,19-20H,11-13,15-16,18,34H2,1-7H3,(H,35,36,37)/t19-,20+/m1/s1. The molecule has 1 aliphatic heterocycles. The second-order valence-corrected chi connectivity index (χ2v) is 21.6. The Bertz CT molecular complexity index is 1680. The number of halogens is 3. The number of anilines is 1. The van der Waals surface area contributed by atoms with E-state index in [1.807, 2.05) is 0 Å². The van der Waals surface area contributed by atoms with Crippen LogP contribution >= 0.6 is 0 Å². The summed E-state index contributed by atoms with van der Waals surface area (Å²) in [6.07, 6.45) is -1.77. The number of carbonyl (C=O) groups excluding carboxylic acids is 1. The van der Waals surface area contributed by atoms with Crippen LogP contribution in [-0.4, -0.2) is 85.7 Å². The van der Waals surface area contributed by atoms with Crippen molar-refractivity contribution in [2.24, 2.45) is 5.73 Å². The van der Waals surface area contributed by atoms with Crippen LogP contribution < -0.4 is 11.1 Å². The number of carbonyl (C=O) groups is 1. The van der Waals surface area contributed by atoms with E-state index in [0.717, 1.165) is 12.3 Å². The highest BCUT2D eigenvalue weighted by molar-refractivity contribution is 7.91. The van der Waals surface area contributed by atoms with Crippen LogP contribution in [-0.2, 0) is 32.2 Å². The Labute approximate surface area is 268 Å². The predicted molar refractivity (Wildman–Crippen MR) is 173 cm³/mol. The molecule has 46 heavy (non-hydrogen) atoms. The Hall–Kier alpha value is -3.21. The molecule has 254 valence electrons. The van der Waals surface area contributed by atoms with Crippen molar-refractivity contribution < 1.29 is 35.9 Å². The maximum Gasteiger partial charge on any atom is 0.419 e. The Morgan fingerprint density at radius 2 is 1.87 bits per heavy atom. The summed E-state index contributed by atoms with van der Waals surface area (Å²) in [5.41, 5.74) is 4.28. The number of sulfone groups is 1. The van der Waals surface area contributed by atoms with Crippen LogP contribution in [0, 0.1) is 0 Å². The van der Waals surface area contributed by atoms with Crippen LogP contribution in [0.5, 0.6) is 0 Å². The highest BCUT2D eigenvalue weighted by Gasteiger charge is 2.37. The summed E-state index contributed by atoms with van der Waals surface area (Å²) in [6, 6.07) is 4.43. The number of nitrogens with two attached hydrogens (primary N) is 1. The molecule has 1 amide bonds. The van der Waals surface area contributed by atoms with Crippen molar-refractivity contribution in [2.75, 3.05) is 31.3 Å². The summed E-state index contributed by atoms with van der Waals surface area (Å²) < 4.78 is 81.6. The molecule has 0 bridgehead atoms. The van der Waals surface area contributed by atoms with Gasteiger partial charge in [-0.3, -0.25) is 0 Å². The number of nitrogens with one attached hydrogen (secondary N) is 1. The molecule has 16 heteroatoms. The molecule has 0 aliphatic carbocycles. The molecule has 2 aromatic heterocycles. The van der Waals surface area contributed by atoms with E-state index in [-0.39, 0.29) is 47.1 Å². The van der Waals surface area contributed by atoms with Gasteiger partial charge in [0.15, 0.2) is 9.84 Å². The summed E-state index contributed by atoms with van der Waals surface area (Å²) in [5.74, 6) is -0.0993. The van der Waals surface area contributed by atoms with Gasteiger partial charge in [-0.15, -0.1) is 0 Å². The van der Waals surface area contributed by atoms with Gasteiger partial charge in [-0.1, -0.05) is 31.8 Å². The highest BCUT2D eigenvalue weighted by Crippen LogP contribution is 2.41. The first-order chi connectivity index (χ1) is 21.1. The molecule has 3 N–H and O–H groups in total. The summed E-state index contributed by atoms with van der Waals surface area (Å²) in [6.45, 7) is 12.6. The number of hydrogen-bond acceptors (Lipinski definition) is 9. The first-order valence-corrected chi connectivity index (χ1v) is 20.6. The molecule has 0 saturated carbocycles. The molecule has 0 radical (unpaired) electrons. The van der Waals surface area contributed by atoms with Crippen LogP contribution in [0.25, 0.3) is 22.2 Å². The van der Waals surface area contributed by atoms with E-state index in [1.165, 1.54) is 27.8 Å². The number of ether oxygens (including phenoxy) is 2. The average molecular weight is 685 g/mol. The Kier molecular flexibility index (Phi) is 10.2. The Morgan fingerprint density at radius 3 is 2.48 bits per heavy atom. The van der Waals surface area contributed by atoms with E-state index in [2.05, 4.69) is 34.9 Å². The minimum atomic E-state index is -4.81. The number of alkyl halides is 3. The van der Waals surface area contributed by atoms with Crippen molar-refractivity contribution in [2.45, 2.75) is 88.4 Å². The number of rotatable bonds is 9. The number of benzene rings is 1. The van der Waals surface area contributed by atoms with E-state index >= 15 is 0 Å². The van der Waals surface area contributed by atoms with Gasteiger partial charge in [0, 0.05) is 69.5 Å². The zero-order valence-electron chi connectivity index (χ0n) is 27.2. The number of amides is 1. The maximum atomic E-state index is 14.4. The average Bonchev–Trinajstić information content (AvgIpc) is 3.26. The first-order valence-electron chi connectivity index (χ1n) is 15.0.